The molecule has 2 heterocycles. The van der Waals surface area contributed by atoms with Gasteiger partial charge in [0.05, 0.1) is 34.3 Å². The van der Waals surface area contributed by atoms with Crippen LogP contribution in [0.15, 0.2) is 69.9 Å². The van der Waals surface area contributed by atoms with Crippen LogP contribution in [-0.4, -0.2) is 69.5 Å². The summed E-state index contributed by atoms with van der Waals surface area (Å²) in [6.07, 6.45) is 0.610. The first-order valence-corrected chi connectivity index (χ1v) is 15.4. The summed E-state index contributed by atoms with van der Waals surface area (Å²) in [7, 11) is 3.33. The van der Waals surface area contributed by atoms with Gasteiger partial charge in [-0.3, -0.25) is 29.8 Å². The van der Waals surface area contributed by atoms with Gasteiger partial charge >= 0.3 is 11.4 Å². The Morgan fingerprint density at radius 1 is 0.647 bits per heavy atom. The molecule has 0 unspecified atom stereocenters. The molecule has 0 saturated heterocycles. The lowest BCUT2D eigenvalue weighted by Crippen LogP contribution is -2.30. The van der Waals surface area contributed by atoms with Crippen molar-refractivity contribution in [2.24, 2.45) is 0 Å². The summed E-state index contributed by atoms with van der Waals surface area (Å²) in [5.41, 5.74) is 5.85. The molecule has 0 atom stereocenters. The van der Waals surface area contributed by atoms with Crippen molar-refractivity contribution in [3.8, 4) is 0 Å². The highest BCUT2D eigenvalue weighted by Gasteiger charge is 2.24. The van der Waals surface area contributed by atoms with E-state index in [0.717, 1.165) is 22.3 Å². The first-order valence-electron chi connectivity index (χ1n) is 15.4. The van der Waals surface area contributed by atoms with Gasteiger partial charge in [0.1, 0.15) is 0 Å². The fourth-order valence-corrected chi connectivity index (χ4v) is 5.76. The zero-order valence-corrected chi connectivity index (χ0v) is 27.7. The van der Waals surface area contributed by atoms with Gasteiger partial charge in [-0.1, -0.05) is 24.3 Å². The van der Waals surface area contributed by atoms with Crippen molar-refractivity contribution < 1.29 is 28.7 Å². The van der Waals surface area contributed by atoms with E-state index in [4.69, 9.17) is 9.26 Å². The minimum Gasteiger partial charge on any atom is -0.363 e. The highest BCUT2D eigenvalue weighted by molar-refractivity contribution is 5.99. The standard InChI is InChI=1S/C33H30N10O8/c1-18-13-20(5-7-22(18)34-28(44)16-40(3)24-9-11-26(42(46)47)32-30(24)36-50-38-32)15-21-6-8-23(19(2)14-21)35-29(45)17-41(4)25-10-12-27(43(48)49)33-31(25)37-51-39-33/h5-14H,15-17H2,1-4H3,(H,34,44)(H,35,45). The van der Waals surface area contributed by atoms with Gasteiger partial charge in [0.2, 0.25) is 22.8 Å². The van der Waals surface area contributed by atoms with Crippen LogP contribution in [0.3, 0.4) is 0 Å². The number of rotatable bonds is 12. The van der Waals surface area contributed by atoms with Gasteiger partial charge in [-0.15, -0.1) is 0 Å². The number of amides is 2. The zero-order valence-electron chi connectivity index (χ0n) is 27.7. The Bertz CT molecular complexity index is 2170. The maximum absolute atomic E-state index is 12.9. The smallest absolute Gasteiger partial charge is 0.300 e. The molecule has 2 amide bonds. The third-order valence-corrected chi connectivity index (χ3v) is 8.26. The second-order valence-electron chi connectivity index (χ2n) is 11.9. The van der Waals surface area contributed by atoms with Crippen LogP contribution in [0.1, 0.15) is 22.3 Å². The normalized spacial score (nSPS) is 11.1. The monoisotopic (exact) mass is 694 g/mol. The Balaban J connectivity index is 1.05. The Kier molecular flexibility index (Phi) is 9.22. The summed E-state index contributed by atoms with van der Waals surface area (Å²) in [5, 5.41) is 43.3. The van der Waals surface area contributed by atoms with E-state index in [-0.39, 0.29) is 58.3 Å². The molecule has 0 aliphatic rings. The average Bonchev–Trinajstić information content (AvgIpc) is 3.77. The van der Waals surface area contributed by atoms with Gasteiger partial charge in [0.15, 0.2) is 11.0 Å². The molecule has 2 aromatic heterocycles. The molecule has 0 bridgehead atoms. The van der Waals surface area contributed by atoms with Crippen molar-refractivity contribution in [1.82, 2.24) is 20.6 Å². The minimum absolute atomic E-state index is 0.00298. The molecule has 260 valence electrons. The third-order valence-electron chi connectivity index (χ3n) is 8.26. The summed E-state index contributed by atoms with van der Waals surface area (Å²) >= 11 is 0. The minimum atomic E-state index is -0.573. The SMILES string of the molecule is Cc1cc(Cc2ccc(NC(=O)CN(C)c3ccc([N+](=O)[O-])c4nonc34)c(C)c2)ccc1NC(=O)CN(C)c1ccc([N+](=O)[O-])c2nonc12. The molecule has 18 heteroatoms. The number of fused-ring (bicyclic) bond motifs is 2. The van der Waals surface area contributed by atoms with Crippen LogP contribution < -0.4 is 20.4 Å². The summed E-state index contributed by atoms with van der Waals surface area (Å²) in [6, 6.07) is 17.1. The van der Waals surface area contributed by atoms with E-state index in [0.29, 0.717) is 29.2 Å². The van der Waals surface area contributed by atoms with Crippen LogP contribution in [0, 0.1) is 34.1 Å². The number of nitrogens with one attached hydrogen (secondary N) is 2. The van der Waals surface area contributed by atoms with Crippen molar-refractivity contribution in [3.05, 3.63) is 103 Å². The number of nitro benzene ring substituents is 2. The van der Waals surface area contributed by atoms with Gasteiger partial charge in [0, 0.05) is 37.6 Å². The number of hydrogen-bond donors (Lipinski definition) is 2. The van der Waals surface area contributed by atoms with Crippen LogP contribution in [0.2, 0.25) is 0 Å². The Morgan fingerprint density at radius 3 is 1.41 bits per heavy atom. The zero-order chi connectivity index (χ0) is 36.4. The Hall–Kier alpha value is -6.98. The van der Waals surface area contributed by atoms with Crippen molar-refractivity contribution in [2.75, 3.05) is 47.6 Å². The van der Waals surface area contributed by atoms with E-state index in [1.54, 1.807) is 23.9 Å². The molecule has 51 heavy (non-hydrogen) atoms. The number of aromatic nitrogens is 4. The number of likely N-dealkylation sites (N-methyl/N-ethyl adjacent to an activating group) is 2. The first-order chi connectivity index (χ1) is 24.4. The van der Waals surface area contributed by atoms with Gasteiger partial charge in [-0.05, 0) is 87.4 Å². The number of benzene rings is 4. The lowest BCUT2D eigenvalue weighted by molar-refractivity contribution is -0.383. The first kappa shape index (κ1) is 33.9. The van der Waals surface area contributed by atoms with Gasteiger partial charge in [-0.25, -0.2) is 9.26 Å². The molecule has 6 aromatic rings. The largest absolute Gasteiger partial charge is 0.363 e. The number of carbonyl (C=O) groups is 2. The molecular weight excluding hydrogens is 664 g/mol. The van der Waals surface area contributed by atoms with E-state index in [1.807, 2.05) is 50.2 Å². The summed E-state index contributed by atoms with van der Waals surface area (Å²) in [5.74, 6) is -0.598. The van der Waals surface area contributed by atoms with E-state index in [1.165, 1.54) is 24.3 Å². The van der Waals surface area contributed by atoms with Gasteiger partial charge < -0.3 is 20.4 Å². The molecular formula is C33H30N10O8. The van der Waals surface area contributed by atoms with Crippen molar-refractivity contribution in [2.45, 2.75) is 20.3 Å². The number of nitrogens with zero attached hydrogens (tertiary/aromatic N) is 8. The van der Waals surface area contributed by atoms with Crippen LogP contribution in [0.25, 0.3) is 22.1 Å². The van der Waals surface area contributed by atoms with Crippen LogP contribution in [0.4, 0.5) is 34.1 Å². The highest BCUT2D eigenvalue weighted by atomic mass is 16.6. The fourth-order valence-electron chi connectivity index (χ4n) is 5.76. The van der Waals surface area contributed by atoms with Crippen molar-refractivity contribution >= 4 is 68.0 Å². The van der Waals surface area contributed by atoms with E-state index in [2.05, 4.69) is 31.3 Å². The lowest BCUT2D eigenvalue weighted by Gasteiger charge is -2.19. The van der Waals surface area contributed by atoms with Crippen LogP contribution in [0.5, 0.6) is 0 Å². The van der Waals surface area contributed by atoms with E-state index < -0.39 is 9.85 Å². The number of anilines is 4. The molecule has 6 rings (SSSR count). The fraction of sp³-hybridized carbons (Fsp3) is 0.212. The predicted octanol–water partition coefficient (Wildman–Crippen LogP) is 4.93. The molecule has 0 saturated carbocycles. The molecule has 0 fully saturated rings. The summed E-state index contributed by atoms with van der Waals surface area (Å²) in [4.78, 5) is 50.5. The number of hydrogen-bond acceptors (Lipinski definition) is 14. The third kappa shape index (κ3) is 7.09. The molecule has 0 aliphatic carbocycles. The van der Waals surface area contributed by atoms with E-state index in [9.17, 15) is 29.8 Å². The maximum atomic E-state index is 12.9. The van der Waals surface area contributed by atoms with Gasteiger partial charge in [-0.2, -0.15) is 0 Å². The quantitative estimate of drug-likeness (QED) is 0.128. The maximum Gasteiger partial charge on any atom is 0.300 e. The topological polar surface area (TPSA) is 229 Å². The molecule has 2 N–H and O–H groups in total. The Labute approximate surface area is 288 Å². The number of carbonyl (C=O) groups excluding carboxylic acids is 2. The summed E-state index contributed by atoms with van der Waals surface area (Å²) in [6.45, 7) is 3.68. The number of non-ortho nitro benzene ring substituents is 2. The summed E-state index contributed by atoms with van der Waals surface area (Å²) < 4.78 is 9.43. The molecule has 0 aliphatic heterocycles. The molecule has 0 spiro atoms. The van der Waals surface area contributed by atoms with Crippen LogP contribution >= 0.6 is 0 Å². The second kappa shape index (κ2) is 13.9. The predicted molar refractivity (Wildman–Crippen MR) is 186 cm³/mol. The van der Waals surface area contributed by atoms with Gasteiger partial charge in [0.25, 0.3) is 0 Å². The molecule has 18 nitrogen and oxygen atoms in total. The second-order valence-corrected chi connectivity index (χ2v) is 11.9. The highest BCUT2D eigenvalue weighted by Crippen LogP contribution is 2.32. The van der Waals surface area contributed by atoms with Crippen molar-refractivity contribution in [3.63, 3.8) is 0 Å². The lowest BCUT2D eigenvalue weighted by atomic mass is 10.00. The Morgan fingerprint density at radius 2 is 1.04 bits per heavy atom. The average molecular weight is 695 g/mol. The number of aryl methyl sites for hydroxylation is 2. The molecule has 4 aromatic carbocycles. The van der Waals surface area contributed by atoms with Crippen molar-refractivity contribution in [1.29, 1.82) is 0 Å². The molecule has 0 radical (unpaired) electrons. The van der Waals surface area contributed by atoms with E-state index >= 15 is 0 Å². The van der Waals surface area contributed by atoms with Crippen LogP contribution in [-0.2, 0) is 16.0 Å². The number of nitro groups is 2.